The second-order valence-electron chi connectivity index (χ2n) is 3.82. The van der Waals surface area contributed by atoms with E-state index in [-0.39, 0.29) is 5.82 Å². The third-order valence-corrected chi connectivity index (χ3v) is 2.19. The highest BCUT2D eigenvalue weighted by atomic mass is 19.4. The number of nitrogens with zero attached hydrogens (tertiary/aromatic N) is 1. The van der Waals surface area contributed by atoms with Crippen LogP contribution in [0.1, 0.15) is 12.6 Å². The maximum Gasteiger partial charge on any atom is 0.415 e. The molecule has 0 aliphatic carbocycles. The fraction of sp³-hybridized carbons (Fsp3) is 0.400. The Labute approximate surface area is 96.0 Å². The highest BCUT2D eigenvalue weighted by Crippen LogP contribution is 2.28. The summed E-state index contributed by atoms with van der Waals surface area (Å²) in [5, 5.41) is 2.03. The molecule has 94 valence electrons. The zero-order valence-corrected chi connectivity index (χ0v) is 9.30. The van der Waals surface area contributed by atoms with Crippen LogP contribution in [0.5, 0.6) is 0 Å². The second-order valence-corrected chi connectivity index (χ2v) is 3.82. The zero-order chi connectivity index (χ0) is 13.3. The van der Waals surface area contributed by atoms with Crippen molar-refractivity contribution in [3.63, 3.8) is 0 Å². The van der Waals surface area contributed by atoms with Gasteiger partial charge in [-0.2, -0.15) is 13.2 Å². The van der Waals surface area contributed by atoms with Crippen LogP contribution in [-0.2, 0) is 4.79 Å². The lowest BCUT2D eigenvalue weighted by atomic mass is 10.0. The summed E-state index contributed by atoms with van der Waals surface area (Å²) >= 11 is 0. The number of nitrogens with two attached hydrogens (primary N) is 1. The Hall–Kier alpha value is -1.63. The predicted molar refractivity (Wildman–Crippen MR) is 56.3 cm³/mol. The molecule has 0 spiro atoms. The maximum atomic E-state index is 12.5. The van der Waals surface area contributed by atoms with Crippen LogP contribution in [0.15, 0.2) is 18.2 Å². The summed E-state index contributed by atoms with van der Waals surface area (Å²) in [6, 6.07) is 4.61. The molecule has 1 atom stereocenters. The van der Waals surface area contributed by atoms with E-state index in [2.05, 4.69) is 4.98 Å². The molecular weight excluding hydrogens is 235 g/mol. The van der Waals surface area contributed by atoms with Gasteiger partial charge in [-0.25, -0.2) is 4.98 Å². The van der Waals surface area contributed by atoms with Crippen molar-refractivity contribution in [2.75, 3.05) is 5.32 Å². The zero-order valence-electron chi connectivity index (χ0n) is 9.30. The molecule has 1 aromatic heterocycles. The lowest BCUT2D eigenvalue weighted by Gasteiger charge is -2.25. The number of aryl methyl sites for hydroxylation is 1. The predicted octanol–water partition coefficient (Wildman–Crippen LogP) is 1.61. The average molecular weight is 247 g/mol. The number of pyridine rings is 1. The molecule has 0 aliphatic rings. The summed E-state index contributed by atoms with van der Waals surface area (Å²) in [7, 11) is 0. The largest absolute Gasteiger partial charge is 0.415 e. The van der Waals surface area contributed by atoms with Gasteiger partial charge in [0, 0.05) is 5.69 Å². The van der Waals surface area contributed by atoms with E-state index in [1.54, 1.807) is 19.1 Å². The lowest BCUT2D eigenvalue weighted by molar-refractivity contribution is -0.184. The molecular formula is C10H12F3N3O. The van der Waals surface area contributed by atoms with Gasteiger partial charge in [0.25, 0.3) is 5.91 Å². The van der Waals surface area contributed by atoms with Crippen LogP contribution < -0.4 is 11.1 Å². The summed E-state index contributed by atoms with van der Waals surface area (Å²) in [6.45, 7) is 2.26. The normalized spacial score (nSPS) is 15.2. The summed E-state index contributed by atoms with van der Waals surface area (Å²) in [6.07, 6.45) is -4.82. The van der Waals surface area contributed by atoms with Crippen LogP contribution in [0.4, 0.5) is 19.0 Å². The number of carbonyl (C=O) groups excluding carboxylic acids is 1. The van der Waals surface area contributed by atoms with E-state index in [1.807, 2.05) is 5.32 Å². The maximum absolute atomic E-state index is 12.5. The average Bonchev–Trinajstić information content (AvgIpc) is 2.15. The minimum Gasteiger partial charge on any atom is -0.310 e. The first kappa shape index (κ1) is 13.4. The van der Waals surface area contributed by atoms with Gasteiger partial charge in [-0.05, 0) is 26.0 Å². The first-order valence-electron chi connectivity index (χ1n) is 4.75. The van der Waals surface area contributed by atoms with Gasteiger partial charge in [0.05, 0.1) is 0 Å². The molecule has 4 nitrogen and oxygen atoms in total. The van der Waals surface area contributed by atoms with Crippen LogP contribution in [0.25, 0.3) is 0 Å². The van der Waals surface area contributed by atoms with Crippen molar-refractivity contribution in [2.45, 2.75) is 25.6 Å². The Morgan fingerprint density at radius 2 is 2.00 bits per heavy atom. The van der Waals surface area contributed by atoms with E-state index in [9.17, 15) is 18.0 Å². The molecule has 0 bridgehead atoms. The number of aromatic nitrogens is 1. The minimum atomic E-state index is -4.82. The summed E-state index contributed by atoms with van der Waals surface area (Å²) < 4.78 is 37.4. The SMILES string of the molecule is Cc1cccc(NC(=O)C(C)(N)C(F)(F)F)n1. The van der Waals surface area contributed by atoms with Crippen LogP contribution in [-0.4, -0.2) is 22.6 Å². The Morgan fingerprint density at radius 1 is 1.41 bits per heavy atom. The molecule has 17 heavy (non-hydrogen) atoms. The van der Waals surface area contributed by atoms with Gasteiger partial charge in [-0.1, -0.05) is 6.07 Å². The van der Waals surface area contributed by atoms with Gasteiger partial charge < -0.3 is 11.1 Å². The van der Waals surface area contributed by atoms with E-state index in [0.29, 0.717) is 12.6 Å². The highest BCUT2D eigenvalue weighted by molar-refractivity contribution is 5.97. The standard InChI is InChI=1S/C10H12F3N3O/c1-6-4-3-5-7(15-6)16-8(17)9(2,14)10(11,12)13/h3-5H,14H2,1-2H3,(H,15,16,17). The van der Waals surface area contributed by atoms with Gasteiger partial charge >= 0.3 is 6.18 Å². The molecule has 0 radical (unpaired) electrons. The van der Waals surface area contributed by atoms with Gasteiger partial charge in [0.15, 0.2) is 5.54 Å². The Morgan fingerprint density at radius 3 is 2.47 bits per heavy atom. The van der Waals surface area contributed by atoms with E-state index in [4.69, 9.17) is 5.73 Å². The van der Waals surface area contributed by atoms with Gasteiger partial charge in [-0.15, -0.1) is 0 Å². The lowest BCUT2D eigenvalue weighted by Crippen LogP contribution is -2.59. The highest BCUT2D eigenvalue weighted by Gasteiger charge is 2.54. The number of halogens is 3. The van der Waals surface area contributed by atoms with Crippen molar-refractivity contribution in [1.82, 2.24) is 4.98 Å². The smallest absolute Gasteiger partial charge is 0.310 e. The number of hydrogen-bond donors (Lipinski definition) is 2. The molecule has 0 aromatic carbocycles. The molecule has 1 amide bonds. The van der Waals surface area contributed by atoms with Crippen molar-refractivity contribution in [2.24, 2.45) is 5.73 Å². The number of alkyl halides is 3. The van der Waals surface area contributed by atoms with Crippen LogP contribution >= 0.6 is 0 Å². The molecule has 1 aromatic rings. The van der Waals surface area contributed by atoms with Gasteiger partial charge in [0.2, 0.25) is 0 Å². The fourth-order valence-corrected chi connectivity index (χ4v) is 0.988. The first-order chi connectivity index (χ1) is 7.64. The second kappa shape index (κ2) is 4.33. The van der Waals surface area contributed by atoms with Crippen molar-refractivity contribution in [3.05, 3.63) is 23.9 Å². The minimum absolute atomic E-state index is 0.0379. The molecule has 0 saturated carbocycles. The molecule has 0 fully saturated rings. The summed E-state index contributed by atoms with van der Waals surface area (Å²) in [5.41, 5.74) is 2.59. The molecule has 1 heterocycles. The fourth-order valence-electron chi connectivity index (χ4n) is 0.988. The van der Waals surface area contributed by atoms with Crippen LogP contribution in [0, 0.1) is 6.92 Å². The summed E-state index contributed by atoms with van der Waals surface area (Å²) in [4.78, 5) is 15.2. The molecule has 0 aliphatic heterocycles. The number of rotatable bonds is 2. The summed E-state index contributed by atoms with van der Waals surface area (Å²) in [5.74, 6) is -1.31. The van der Waals surface area contributed by atoms with Crippen molar-refractivity contribution >= 4 is 11.7 Å². The molecule has 1 rings (SSSR count). The number of amides is 1. The molecule has 0 saturated heterocycles. The third kappa shape index (κ3) is 2.94. The van der Waals surface area contributed by atoms with E-state index >= 15 is 0 Å². The topological polar surface area (TPSA) is 68.0 Å². The van der Waals surface area contributed by atoms with Crippen molar-refractivity contribution in [3.8, 4) is 0 Å². The van der Waals surface area contributed by atoms with E-state index < -0.39 is 17.6 Å². The van der Waals surface area contributed by atoms with Crippen molar-refractivity contribution < 1.29 is 18.0 Å². The van der Waals surface area contributed by atoms with Gasteiger partial charge in [0.1, 0.15) is 5.82 Å². The number of carbonyl (C=O) groups is 1. The van der Waals surface area contributed by atoms with E-state index in [0.717, 1.165) is 0 Å². The van der Waals surface area contributed by atoms with Crippen LogP contribution in [0.2, 0.25) is 0 Å². The monoisotopic (exact) mass is 247 g/mol. The third-order valence-electron chi connectivity index (χ3n) is 2.19. The number of nitrogens with one attached hydrogen (secondary N) is 1. The van der Waals surface area contributed by atoms with Crippen LogP contribution in [0.3, 0.4) is 0 Å². The quantitative estimate of drug-likeness (QED) is 0.834. The molecule has 7 heteroatoms. The Balaban J connectivity index is 2.87. The van der Waals surface area contributed by atoms with Crippen molar-refractivity contribution in [1.29, 1.82) is 0 Å². The first-order valence-corrected chi connectivity index (χ1v) is 4.75. The molecule has 3 N–H and O–H groups in total. The van der Waals surface area contributed by atoms with E-state index in [1.165, 1.54) is 6.07 Å². The van der Waals surface area contributed by atoms with Gasteiger partial charge in [-0.3, -0.25) is 4.79 Å². The Kier molecular flexibility index (Phi) is 3.42. The Bertz CT molecular complexity index is 429. The molecule has 1 unspecified atom stereocenters. The number of anilines is 1. The number of hydrogen-bond acceptors (Lipinski definition) is 3.